The Hall–Kier alpha value is -0.930. The topological polar surface area (TPSA) is 9.23 Å². The van der Waals surface area contributed by atoms with E-state index < -0.39 is 0 Å². The minimum atomic E-state index is 0.911. The molecule has 0 N–H and O–H groups in total. The van der Waals surface area contributed by atoms with Crippen LogP contribution < -0.4 is 4.74 Å². The van der Waals surface area contributed by atoms with Gasteiger partial charge in [0.05, 0.1) is 7.11 Å². The molecule has 0 amide bonds. The Bertz CT molecular complexity index is 554. The molecule has 0 aromatic heterocycles. The van der Waals surface area contributed by atoms with Crippen molar-refractivity contribution in [1.29, 1.82) is 0 Å². The van der Waals surface area contributed by atoms with Crippen molar-refractivity contribution in [3.05, 3.63) is 63.6 Å². The van der Waals surface area contributed by atoms with Gasteiger partial charge in [-0.15, -0.1) is 0 Å². The number of rotatable bonds is 5. The van der Waals surface area contributed by atoms with Gasteiger partial charge in [-0.1, -0.05) is 45.8 Å². The van der Waals surface area contributed by atoms with E-state index in [2.05, 4.69) is 53.2 Å². The van der Waals surface area contributed by atoms with Gasteiger partial charge in [0.2, 0.25) is 0 Å². The Kier molecular flexibility index (Phi) is 5.34. The maximum absolute atomic E-state index is 5.26. The summed E-state index contributed by atoms with van der Waals surface area (Å²) >= 11 is 5.50. The molecule has 0 saturated carbocycles. The van der Waals surface area contributed by atoms with Crippen LogP contribution in [0.1, 0.15) is 16.7 Å². The molecule has 3 heteroatoms. The maximum Gasteiger partial charge on any atom is 0.119 e. The van der Waals surface area contributed by atoms with Crippen molar-refractivity contribution in [2.24, 2.45) is 0 Å². The maximum atomic E-state index is 5.26. The van der Waals surface area contributed by atoms with Crippen molar-refractivity contribution in [3.63, 3.8) is 0 Å². The molecule has 0 unspecified atom stereocenters. The SMILES string of the molecule is COc1ccc(Br)c(CSCc2cccc(C)c2)c1. The molecule has 2 rings (SSSR count). The molecule has 100 valence electrons. The van der Waals surface area contributed by atoms with Gasteiger partial charge in [0.1, 0.15) is 5.75 Å². The second-order valence-electron chi connectivity index (χ2n) is 4.44. The molecule has 0 heterocycles. The largest absolute Gasteiger partial charge is 0.497 e. The number of hydrogen-bond donors (Lipinski definition) is 0. The van der Waals surface area contributed by atoms with Crippen molar-refractivity contribution < 1.29 is 4.74 Å². The van der Waals surface area contributed by atoms with Gasteiger partial charge >= 0.3 is 0 Å². The zero-order valence-corrected chi connectivity index (χ0v) is 13.6. The number of benzene rings is 2. The fourth-order valence-corrected chi connectivity index (χ4v) is 3.42. The van der Waals surface area contributed by atoms with E-state index in [-0.39, 0.29) is 0 Å². The first kappa shape index (κ1) is 14.5. The highest BCUT2D eigenvalue weighted by atomic mass is 79.9. The van der Waals surface area contributed by atoms with Crippen LogP contribution in [-0.2, 0) is 11.5 Å². The second-order valence-corrected chi connectivity index (χ2v) is 6.28. The fraction of sp³-hybridized carbons (Fsp3) is 0.250. The van der Waals surface area contributed by atoms with E-state index in [1.165, 1.54) is 16.7 Å². The summed E-state index contributed by atoms with van der Waals surface area (Å²) in [6, 6.07) is 14.8. The zero-order chi connectivity index (χ0) is 13.7. The summed E-state index contributed by atoms with van der Waals surface area (Å²) in [5.41, 5.74) is 3.97. The fourth-order valence-electron chi connectivity index (χ4n) is 1.87. The van der Waals surface area contributed by atoms with Crippen LogP contribution in [0.4, 0.5) is 0 Å². The highest BCUT2D eigenvalue weighted by Gasteiger charge is 2.03. The zero-order valence-electron chi connectivity index (χ0n) is 11.2. The van der Waals surface area contributed by atoms with Crippen molar-refractivity contribution in [1.82, 2.24) is 0 Å². The van der Waals surface area contributed by atoms with Crippen LogP contribution in [0, 0.1) is 6.92 Å². The van der Waals surface area contributed by atoms with E-state index in [4.69, 9.17) is 4.74 Å². The van der Waals surface area contributed by atoms with Crippen LogP contribution in [0.5, 0.6) is 5.75 Å². The standard InChI is InChI=1S/C16H17BrOS/c1-12-4-3-5-13(8-12)10-19-11-14-9-15(18-2)6-7-16(14)17/h3-9H,10-11H2,1-2H3. The molecular formula is C16H17BrOS. The van der Waals surface area contributed by atoms with Crippen molar-refractivity contribution >= 4 is 27.7 Å². The van der Waals surface area contributed by atoms with Crippen molar-refractivity contribution in [2.75, 3.05) is 7.11 Å². The third-order valence-electron chi connectivity index (χ3n) is 2.86. The summed E-state index contributed by atoms with van der Waals surface area (Å²) in [4.78, 5) is 0. The predicted molar refractivity (Wildman–Crippen MR) is 86.9 cm³/mol. The summed E-state index contributed by atoms with van der Waals surface area (Å²) in [5, 5.41) is 0. The third kappa shape index (κ3) is 4.29. The van der Waals surface area contributed by atoms with Crippen LogP contribution >= 0.6 is 27.7 Å². The molecule has 0 aliphatic heterocycles. The molecule has 0 bridgehead atoms. The second kappa shape index (κ2) is 7.01. The summed E-state index contributed by atoms with van der Waals surface area (Å²) < 4.78 is 6.40. The third-order valence-corrected chi connectivity index (χ3v) is 4.69. The molecule has 1 nitrogen and oxygen atoms in total. The Morgan fingerprint density at radius 2 is 1.95 bits per heavy atom. The highest BCUT2D eigenvalue weighted by Crippen LogP contribution is 2.27. The quantitative estimate of drug-likeness (QED) is 0.742. The number of methoxy groups -OCH3 is 1. The van der Waals surface area contributed by atoms with Crippen molar-refractivity contribution in [3.8, 4) is 5.75 Å². The average Bonchev–Trinajstić information content (AvgIpc) is 2.41. The van der Waals surface area contributed by atoms with Crippen LogP contribution in [0.2, 0.25) is 0 Å². The lowest BCUT2D eigenvalue weighted by atomic mass is 10.2. The monoisotopic (exact) mass is 336 g/mol. The van der Waals surface area contributed by atoms with Gasteiger partial charge in [0.25, 0.3) is 0 Å². The minimum absolute atomic E-state index is 0.911. The highest BCUT2D eigenvalue weighted by molar-refractivity contribution is 9.10. The van der Waals surface area contributed by atoms with Gasteiger partial charge in [-0.25, -0.2) is 0 Å². The molecule has 0 atom stereocenters. The van der Waals surface area contributed by atoms with Gasteiger partial charge in [0, 0.05) is 16.0 Å². The molecule has 0 radical (unpaired) electrons. The lowest BCUT2D eigenvalue weighted by Gasteiger charge is -2.07. The molecule has 0 spiro atoms. The molecule has 2 aromatic carbocycles. The van der Waals surface area contributed by atoms with Crippen LogP contribution in [0.15, 0.2) is 46.9 Å². The van der Waals surface area contributed by atoms with Gasteiger partial charge in [-0.2, -0.15) is 11.8 Å². The Labute approximate surface area is 127 Å². The van der Waals surface area contributed by atoms with Gasteiger partial charge in [-0.3, -0.25) is 0 Å². The smallest absolute Gasteiger partial charge is 0.119 e. The van der Waals surface area contributed by atoms with Crippen LogP contribution in [0.25, 0.3) is 0 Å². The lowest BCUT2D eigenvalue weighted by molar-refractivity contribution is 0.414. The lowest BCUT2D eigenvalue weighted by Crippen LogP contribution is -1.89. The molecule has 0 aliphatic rings. The van der Waals surface area contributed by atoms with E-state index in [1.807, 2.05) is 23.9 Å². The normalized spacial score (nSPS) is 10.5. The van der Waals surface area contributed by atoms with E-state index in [0.717, 1.165) is 21.7 Å². The van der Waals surface area contributed by atoms with E-state index in [9.17, 15) is 0 Å². The number of thioether (sulfide) groups is 1. The minimum Gasteiger partial charge on any atom is -0.497 e. The summed E-state index contributed by atoms with van der Waals surface area (Å²) in [7, 11) is 1.70. The van der Waals surface area contributed by atoms with Gasteiger partial charge in [0.15, 0.2) is 0 Å². The summed E-state index contributed by atoms with van der Waals surface area (Å²) in [6.45, 7) is 2.13. The Morgan fingerprint density at radius 1 is 1.11 bits per heavy atom. The van der Waals surface area contributed by atoms with E-state index in [1.54, 1.807) is 7.11 Å². The first-order chi connectivity index (χ1) is 9.19. The predicted octanol–water partition coefficient (Wildman–Crippen LogP) is 5.20. The van der Waals surface area contributed by atoms with Crippen LogP contribution in [-0.4, -0.2) is 7.11 Å². The van der Waals surface area contributed by atoms with Gasteiger partial charge < -0.3 is 4.74 Å². The molecule has 0 fully saturated rings. The summed E-state index contributed by atoms with van der Waals surface area (Å²) in [6.07, 6.45) is 0. The number of ether oxygens (including phenoxy) is 1. The first-order valence-corrected chi connectivity index (χ1v) is 8.09. The van der Waals surface area contributed by atoms with Crippen LogP contribution in [0.3, 0.4) is 0 Å². The number of aryl methyl sites for hydroxylation is 1. The molecule has 19 heavy (non-hydrogen) atoms. The van der Waals surface area contributed by atoms with E-state index in [0.29, 0.717) is 0 Å². The Morgan fingerprint density at radius 3 is 2.68 bits per heavy atom. The number of halogens is 1. The van der Waals surface area contributed by atoms with Crippen molar-refractivity contribution in [2.45, 2.75) is 18.4 Å². The van der Waals surface area contributed by atoms with E-state index >= 15 is 0 Å². The number of hydrogen-bond acceptors (Lipinski definition) is 2. The molecule has 0 aliphatic carbocycles. The van der Waals surface area contributed by atoms with Gasteiger partial charge in [-0.05, 0) is 36.2 Å². The average molecular weight is 337 g/mol. The molecular weight excluding hydrogens is 320 g/mol. The molecule has 0 saturated heterocycles. The first-order valence-electron chi connectivity index (χ1n) is 6.15. The molecule has 2 aromatic rings. The Balaban J connectivity index is 1.95. The summed E-state index contributed by atoms with van der Waals surface area (Å²) in [5.74, 6) is 2.92.